The van der Waals surface area contributed by atoms with Gasteiger partial charge < -0.3 is 10.1 Å². The van der Waals surface area contributed by atoms with E-state index >= 15 is 0 Å². The zero-order valence-electron chi connectivity index (χ0n) is 12.4. The van der Waals surface area contributed by atoms with Crippen LogP contribution in [-0.2, 0) is 11.2 Å². The van der Waals surface area contributed by atoms with E-state index < -0.39 is 0 Å². The molecule has 0 heterocycles. The Morgan fingerprint density at radius 1 is 1.23 bits per heavy atom. The molecule has 3 rings (SSSR count). The second-order valence-corrected chi connectivity index (χ2v) is 5.53. The van der Waals surface area contributed by atoms with Crippen molar-refractivity contribution in [3.8, 4) is 5.75 Å². The van der Waals surface area contributed by atoms with Crippen LogP contribution in [0.2, 0.25) is 0 Å². The second kappa shape index (κ2) is 6.18. The number of carbonyl (C=O) groups is 1. The van der Waals surface area contributed by atoms with E-state index in [0.29, 0.717) is 5.56 Å². The minimum absolute atomic E-state index is 0.0712. The van der Waals surface area contributed by atoms with E-state index in [0.717, 1.165) is 17.7 Å². The Kier molecular flexibility index (Phi) is 4.09. The molecule has 0 unspecified atom stereocenters. The summed E-state index contributed by atoms with van der Waals surface area (Å²) in [6.07, 6.45) is 0.963. The van der Waals surface area contributed by atoms with E-state index in [2.05, 4.69) is 5.32 Å². The van der Waals surface area contributed by atoms with Gasteiger partial charge in [0.2, 0.25) is 5.91 Å². The van der Waals surface area contributed by atoms with Gasteiger partial charge in [0.25, 0.3) is 0 Å². The molecular formula is C18H18FNO2. The molecule has 0 aromatic heterocycles. The van der Waals surface area contributed by atoms with Crippen LogP contribution in [0.1, 0.15) is 23.5 Å². The molecule has 2 aromatic carbocycles. The lowest BCUT2D eigenvalue weighted by molar-refractivity contribution is -0.120. The van der Waals surface area contributed by atoms with Gasteiger partial charge in [0.1, 0.15) is 11.6 Å². The first kappa shape index (κ1) is 14.6. The molecule has 0 aliphatic heterocycles. The van der Waals surface area contributed by atoms with Gasteiger partial charge in [-0.3, -0.25) is 4.79 Å². The summed E-state index contributed by atoms with van der Waals surface area (Å²) in [5.41, 5.74) is 1.54. The Morgan fingerprint density at radius 2 is 1.95 bits per heavy atom. The molecule has 4 heteroatoms. The standard InChI is InChI=1S/C18H18FNO2/c1-22-17-9-5-3-7-13(17)14-11-16(14)20-18(21)10-12-6-2-4-8-15(12)19/h2-9,14,16H,10-11H2,1H3,(H,20,21)/t14-,16+/m0/s1. The molecule has 1 saturated carbocycles. The Hall–Kier alpha value is -2.36. The number of halogens is 1. The number of carbonyl (C=O) groups excluding carboxylic acids is 1. The molecule has 0 bridgehead atoms. The summed E-state index contributed by atoms with van der Waals surface area (Å²) in [6.45, 7) is 0. The summed E-state index contributed by atoms with van der Waals surface area (Å²) in [5.74, 6) is 0.640. The van der Waals surface area contributed by atoms with E-state index in [1.807, 2.05) is 24.3 Å². The predicted molar refractivity (Wildman–Crippen MR) is 82.4 cm³/mol. The van der Waals surface area contributed by atoms with Crippen molar-refractivity contribution in [2.45, 2.75) is 24.8 Å². The van der Waals surface area contributed by atoms with Crippen molar-refractivity contribution in [3.05, 3.63) is 65.5 Å². The van der Waals surface area contributed by atoms with Crippen molar-refractivity contribution >= 4 is 5.91 Å². The fourth-order valence-corrected chi connectivity index (χ4v) is 2.74. The number of amides is 1. The SMILES string of the molecule is COc1ccccc1[C@@H]1C[C@H]1NC(=O)Cc1ccccc1F. The smallest absolute Gasteiger partial charge is 0.224 e. The van der Waals surface area contributed by atoms with E-state index in [1.54, 1.807) is 25.3 Å². The molecule has 1 amide bonds. The number of ether oxygens (including phenoxy) is 1. The number of nitrogens with one attached hydrogen (secondary N) is 1. The molecule has 0 radical (unpaired) electrons. The average Bonchev–Trinajstić information content (AvgIpc) is 3.28. The number of para-hydroxylation sites is 1. The van der Waals surface area contributed by atoms with Crippen LogP contribution in [0.15, 0.2) is 48.5 Å². The maximum absolute atomic E-state index is 13.5. The van der Waals surface area contributed by atoms with Crippen molar-refractivity contribution in [2.75, 3.05) is 7.11 Å². The summed E-state index contributed by atoms with van der Waals surface area (Å²) in [6, 6.07) is 14.3. The third kappa shape index (κ3) is 3.11. The Balaban J connectivity index is 1.59. The second-order valence-electron chi connectivity index (χ2n) is 5.53. The highest BCUT2D eigenvalue weighted by Gasteiger charge is 2.40. The van der Waals surface area contributed by atoms with Crippen LogP contribution in [-0.4, -0.2) is 19.1 Å². The van der Waals surface area contributed by atoms with Crippen LogP contribution in [0.4, 0.5) is 4.39 Å². The van der Waals surface area contributed by atoms with Crippen molar-refractivity contribution < 1.29 is 13.9 Å². The first-order valence-corrected chi connectivity index (χ1v) is 7.34. The average molecular weight is 299 g/mol. The number of hydrogen-bond donors (Lipinski definition) is 1. The van der Waals surface area contributed by atoms with Crippen LogP contribution in [0, 0.1) is 5.82 Å². The van der Waals surface area contributed by atoms with Gasteiger partial charge in [-0.15, -0.1) is 0 Å². The Bertz CT molecular complexity index is 686. The van der Waals surface area contributed by atoms with Crippen LogP contribution >= 0.6 is 0 Å². The van der Waals surface area contributed by atoms with E-state index in [1.165, 1.54) is 6.07 Å². The summed E-state index contributed by atoms with van der Waals surface area (Å²) in [5, 5.41) is 2.97. The summed E-state index contributed by atoms with van der Waals surface area (Å²) >= 11 is 0. The molecule has 114 valence electrons. The largest absolute Gasteiger partial charge is 0.496 e. The molecular weight excluding hydrogens is 281 g/mol. The zero-order chi connectivity index (χ0) is 15.5. The van der Waals surface area contributed by atoms with Crippen LogP contribution in [0.3, 0.4) is 0 Å². The highest BCUT2D eigenvalue weighted by molar-refractivity contribution is 5.79. The maximum atomic E-state index is 13.5. The van der Waals surface area contributed by atoms with Crippen molar-refractivity contribution in [3.63, 3.8) is 0 Å². The third-order valence-corrected chi connectivity index (χ3v) is 3.98. The van der Waals surface area contributed by atoms with E-state index in [9.17, 15) is 9.18 Å². The fraction of sp³-hybridized carbons (Fsp3) is 0.278. The van der Waals surface area contributed by atoms with Gasteiger partial charge >= 0.3 is 0 Å². The molecule has 2 atom stereocenters. The van der Waals surface area contributed by atoms with Crippen molar-refractivity contribution in [2.24, 2.45) is 0 Å². The summed E-state index contributed by atoms with van der Waals surface area (Å²) < 4.78 is 18.9. The summed E-state index contributed by atoms with van der Waals surface area (Å²) in [7, 11) is 1.65. The normalized spacial score (nSPS) is 19.5. The molecule has 22 heavy (non-hydrogen) atoms. The van der Waals surface area contributed by atoms with E-state index in [4.69, 9.17) is 4.74 Å². The molecule has 1 N–H and O–H groups in total. The van der Waals surface area contributed by atoms with Gasteiger partial charge in [0.15, 0.2) is 0 Å². The van der Waals surface area contributed by atoms with Gasteiger partial charge in [-0.1, -0.05) is 36.4 Å². The highest BCUT2D eigenvalue weighted by atomic mass is 19.1. The molecule has 1 aliphatic carbocycles. The number of rotatable bonds is 5. The van der Waals surface area contributed by atoms with Crippen LogP contribution < -0.4 is 10.1 Å². The quantitative estimate of drug-likeness (QED) is 0.921. The van der Waals surface area contributed by atoms with Gasteiger partial charge in [0.05, 0.1) is 13.5 Å². The lowest BCUT2D eigenvalue weighted by Gasteiger charge is -2.09. The highest BCUT2D eigenvalue weighted by Crippen LogP contribution is 2.44. The summed E-state index contributed by atoms with van der Waals surface area (Å²) in [4.78, 5) is 12.0. The van der Waals surface area contributed by atoms with E-state index in [-0.39, 0.29) is 30.1 Å². The number of methoxy groups -OCH3 is 1. The zero-order valence-corrected chi connectivity index (χ0v) is 12.4. The molecule has 0 saturated heterocycles. The van der Waals surface area contributed by atoms with Crippen LogP contribution in [0.25, 0.3) is 0 Å². The minimum Gasteiger partial charge on any atom is -0.496 e. The van der Waals surface area contributed by atoms with Crippen molar-refractivity contribution in [1.29, 1.82) is 0 Å². The van der Waals surface area contributed by atoms with Gasteiger partial charge in [0, 0.05) is 12.0 Å². The molecule has 3 nitrogen and oxygen atoms in total. The Labute approximate surface area is 129 Å². The van der Waals surface area contributed by atoms with Crippen LogP contribution in [0.5, 0.6) is 5.75 Å². The van der Waals surface area contributed by atoms with Gasteiger partial charge in [-0.05, 0) is 29.7 Å². The lowest BCUT2D eigenvalue weighted by Crippen LogP contribution is -2.28. The first-order chi connectivity index (χ1) is 10.7. The maximum Gasteiger partial charge on any atom is 0.224 e. The lowest BCUT2D eigenvalue weighted by atomic mass is 10.1. The monoisotopic (exact) mass is 299 g/mol. The molecule has 1 fully saturated rings. The molecule has 0 spiro atoms. The third-order valence-electron chi connectivity index (χ3n) is 3.98. The first-order valence-electron chi connectivity index (χ1n) is 7.34. The number of benzene rings is 2. The number of hydrogen-bond acceptors (Lipinski definition) is 2. The molecule has 2 aromatic rings. The topological polar surface area (TPSA) is 38.3 Å². The predicted octanol–water partition coefficient (Wildman–Crippen LogP) is 3.05. The fourth-order valence-electron chi connectivity index (χ4n) is 2.74. The van der Waals surface area contributed by atoms with Gasteiger partial charge in [-0.25, -0.2) is 4.39 Å². The van der Waals surface area contributed by atoms with Crippen molar-refractivity contribution in [1.82, 2.24) is 5.32 Å². The molecule has 1 aliphatic rings. The minimum atomic E-state index is -0.338. The Morgan fingerprint density at radius 3 is 2.73 bits per heavy atom. The van der Waals surface area contributed by atoms with Gasteiger partial charge in [-0.2, -0.15) is 0 Å².